The Morgan fingerprint density at radius 2 is 1.38 bits per heavy atom. The molecule has 0 atom stereocenters. The Kier molecular flexibility index (Phi) is 4.33. The molecule has 5 heteroatoms. The standard InChI is InChI=1S/C19H13F2NO2/c20-15-5-1-3-13(10-15)17-7-12(9-19(23)24)8-18(22-17)14-4-2-6-16(21)11-14/h1-8,10-11H,9H2,(H,23,24). The molecule has 120 valence electrons. The first-order chi connectivity index (χ1) is 11.5. The Balaban J connectivity index is 2.15. The first-order valence-corrected chi connectivity index (χ1v) is 7.26. The summed E-state index contributed by atoms with van der Waals surface area (Å²) in [7, 11) is 0. The zero-order chi connectivity index (χ0) is 17.1. The van der Waals surface area contributed by atoms with Crippen LogP contribution in [0.1, 0.15) is 5.56 Å². The van der Waals surface area contributed by atoms with Crippen molar-refractivity contribution in [2.75, 3.05) is 0 Å². The van der Waals surface area contributed by atoms with E-state index < -0.39 is 17.6 Å². The molecule has 0 fully saturated rings. The molecule has 2 aromatic carbocycles. The molecule has 0 aliphatic rings. The molecule has 0 unspecified atom stereocenters. The Bertz CT molecular complexity index is 846. The van der Waals surface area contributed by atoms with Crippen molar-refractivity contribution in [1.82, 2.24) is 4.98 Å². The van der Waals surface area contributed by atoms with Crippen LogP contribution in [0.3, 0.4) is 0 Å². The molecule has 0 amide bonds. The number of carboxylic acids is 1. The summed E-state index contributed by atoms with van der Waals surface area (Å²) in [6, 6.07) is 15.0. The van der Waals surface area contributed by atoms with Gasteiger partial charge in [-0.15, -0.1) is 0 Å². The molecular formula is C19H13F2NO2. The maximum Gasteiger partial charge on any atom is 0.307 e. The second-order valence-electron chi connectivity index (χ2n) is 5.34. The van der Waals surface area contributed by atoms with Crippen molar-refractivity contribution in [3.05, 3.63) is 77.9 Å². The molecule has 0 saturated carbocycles. The minimum Gasteiger partial charge on any atom is -0.481 e. The normalized spacial score (nSPS) is 10.6. The molecule has 3 rings (SSSR count). The summed E-state index contributed by atoms with van der Waals surface area (Å²) in [5, 5.41) is 9.04. The van der Waals surface area contributed by atoms with Gasteiger partial charge < -0.3 is 5.11 Å². The minimum atomic E-state index is -0.989. The molecule has 1 aromatic heterocycles. The van der Waals surface area contributed by atoms with E-state index in [0.717, 1.165) is 0 Å². The van der Waals surface area contributed by atoms with Gasteiger partial charge in [0.1, 0.15) is 11.6 Å². The number of rotatable bonds is 4. The van der Waals surface area contributed by atoms with E-state index in [1.807, 2.05) is 0 Å². The van der Waals surface area contributed by atoms with E-state index in [-0.39, 0.29) is 6.42 Å². The Hall–Kier alpha value is -3.08. The van der Waals surface area contributed by atoms with Crippen LogP contribution in [0.4, 0.5) is 8.78 Å². The van der Waals surface area contributed by atoms with Gasteiger partial charge in [0.2, 0.25) is 0 Å². The highest BCUT2D eigenvalue weighted by atomic mass is 19.1. The topological polar surface area (TPSA) is 50.2 Å². The summed E-state index contributed by atoms with van der Waals surface area (Å²) in [4.78, 5) is 15.5. The fourth-order valence-electron chi connectivity index (χ4n) is 2.46. The molecule has 0 saturated heterocycles. The third kappa shape index (κ3) is 3.63. The SMILES string of the molecule is O=C(O)Cc1cc(-c2cccc(F)c2)nc(-c2cccc(F)c2)c1. The number of carbonyl (C=O) groups is 1. The Morgan fingerprint density at radius 3 is 1.79 bits per heavy atom. The second kappa shape index (κ2) is 6.58. The van der Waals surface area contributed by atoms with E-state index in [9.17, 15) is 13.6 Å². The van der Waals surface area contributed by atoms with Crippen LogP contribution >= 0.6 is 0 Å². The van der Waals surface area contributed by atoms with Gasteiger partial charge in [0.05, 0.1) is 17.8 Å². The first kappa shape index (κ1) is 15.8. The molecular weight excluding hydrogens is 312 g/mol. The predicted molar refractivity (Wildman–Crippen MR) is 86.4 cm³/mol. The lowest BCUT2D eigenvalue weighted by Gasteiger charge is -2.09. The van der Waals surface area contributed by atoms with Crippen LogP contribution in [-0.4, -0.2) is 16.1 Å². The quantitative estimate of drug-likeness (QED) is 0.777. The summed E-state index contributed by atoms with van der Waals surface area (Å²) in [6.07, 6.45) is -0.201. The molecule has 3 aromatic rings. The molecule has 0 bridgehead atoms. The molecule has 1 N–H and O–H groups in total. The van der Waals surface area contributed by atoms with Gasteiger partial charge in [-0.05, 0) is 42.0 Å². The molecule has 24 heavy (non-hydrogen) atoms. The molecule has 0 aliphatic heterocycles. The largest absolute Gasteiger partial charge is 0.481 e. The summed E-state index contributed by atoms with van der Waals surface area (Å²) in [6.45, 7) is 0. The van der Waals surface area contributed by atoms with Crippen molar-refractivity contribution < 1.29 is 18.7 Å². The summed E-state index contributed by atoms with van der Waals surface area (Å²) >= 11 is 0. The molecule has 0 radical (unpaired) electrons. The van der Waals surface area contributed by atoms with Crippen LogP contribution in [-0.2, 0) is 11.2 Å². The number of hydrogen-bond acceptors (Lipinski definition) is 2. The van der Waals surface area contributed by atoms with Gasteiger partial charge >= 0.3 is 5.97 Å². The Labute approximate surface area is 137 Å². The van der Waals surface area contributed by atoms with Crippen molar-refractivity contribution in [2.45, 2.75) is 6.42 Å². The molecule has 0 spiro atoms. The highest BCUT2D eigenvalue weighted by Gasteiger charge is 2.10. The van der Waals surface area contributed by atoms with E-state index in [1.54, 1.807) is 36.4 Å². The second-order valence-corrected chi connectivity index (χ2v) is 5.34. The van der Waals surface area contributed by atoms with Gasteiger partial charge in [-0.1, -0.05) is 24.3 Å². The fraction of sp³-hybridized carbons (Fsp3) is 0.0526. The molecule has 0 aliphatic carbocycles. The molecule has 1 heterocycles. The van der Waals surface area contributed by atoms with Gasteiger partial charge in [-0.3, -0.25) is 4.79 Å². The first-order valence-electron chi connectivity index (χ1n) is 7.26. The van der Waals surface area contributed by atoms with Gasteiger partial charge in [-0.2, -0.15) is 0 Å². The average molecular weight is 325 g/mol. The van der Waals surface area contributed by atoms with Gasteiger partial charge in [0, 0.05) is 11.1 Å². The number of benzene rings is 2. The van der Waals surface area contributed by atoms with Crippen LogP contribution in [0.5, 0.6) is 0 Å². The van der Waals surface area contributed by atoms with E-state index >= 15 is 0 Å². The van der Waals surface area contributed by atoms with Crippen LogP contribution < -0.4 is 0 Å². The maximum atomic E-state index is 13.5. The van der Waals surface area contributed by atoms with Crippen LogP contribution in [0.2, 0.25) is 0 Å². The minimum absolute atomic E-state index is 0.201. The van der Waals surface area contributed by atoms with Crippen LogP contribution in [0.15, 0.2) is 60.7 Å². The highest BCUT2D eigenvalue weighted by Crippen LogP contribution is 2.26. The number of nitrogens with zero attached hydrogens (tertiary/aromatic N) is 1. The van der Waals surface area contributed by atoms with Crippen molar-refractivity contribution in [1.29, 1.82) is 0 Å². The summed E-state index contributed by atoms with van der Waals surface area (Å²) < 4.78 is 26.9. The Morgan fingerprint density at radius 1 is 0.875 bits per heavy atom. The third-order valence-corrected chi connectivity index (χ3v) is 3.48. The number of hydrogen-bond donors (Lipinski definition) is 1. The van der Waals surface area contributed by atoms with Crippen LogP contribution in [0, 0.1) is 11.6 Å². The van der Waals surface area contributed by atoms with E-state index in [0.29, 0.717) is 28.1 Å². The lowest BCUT2D eigenvalue weighted by atomic mass is 10.0. The number of aromatic nitrogens is 1. The van der Waals surface area contributed by atoms with Gasteiger partial charge in [-0.25, -0.2) is 13.8 Å². The average Bonchev–Trinajstić information content (AvgIpc) is 2.54. The summed E-state index contributed by atoms with van der Waals surface area (Å²) in [5.74, 6) is -1.81. The zero-order valence-corrected chi connectivity index (χ0v) is 12.5. The lowest BCUT2D eigenvalue weighted by molar-refractivity contribution is -0.136. The predicted octanol–water partition coefficient (Wildman–Crippen LogP) is 4.32. The van der Waals surface area contributed by atoms with Gasteiger partial charge in [0.25, 0.3) is 0 Å². The molecule has 3 nitrogen and oxygen atoms in total. The van der Waals surface area contributed by atoms with E-state index in [2.05, 4.69) is 4.98 Å². The monoisotopic (exact) mass is 325 g/mol. The highest BCUT2D eigenvalue weighted by molar-refractivity contribution is 5.73. The number of pyridine rings is 1. The lowest BCUT2D eigenvalue weighted by Crippen LogP contribution is -2.02. The van der Waals surface area contributed by atoms with E-state index in [1.165, 1.54) is 24.3 Å². The van der Waals surface area contributed by atoms with Crippen molar-refractivity contribution in [3.63, 3.8) is 0 Å². The number of halogens is 2. The zero-order valence-electron chi connectivity index (χ0n) is 12.5. The number of carboxylic acid groups (broad SMARTS) is 1. The van der Waals surface area contributed by atoms with Crippen molar-refractivity contribution in [2.24, 2.45) is 0 Å². The smallest absolute Gasteiger partial charge is 0.307 e. The van der Waals surface area contributed by atoms with E-state index in [4.69, 9.17) is 5.11 Å². The summed E-state index contributed by atoms with van der Waals surface area (Å²) in [5.41, 5.74) is 2.44. The van der Waals surface area contributed by atoms with Crippen molar-refractivity contribution >= 4 is 5.97 Å². The maximum absolute atomic E-state index is 13.5. The van der Waals surface area contributed by atoms with Crippen LogP contribution in [0.25, 0.3) is 22.5 Å². The fourth-order valence-corrected chi connectivity index (χ4v) is 2.46. The third-order valence-electron chi connectivity index (χ3n) is 3.48. The number of aliphatic carboxylic acids is 1. The van der Waals surface area contributed by atoms with Crippen molar-refractivity contribution in [3.8, 4) is 22.5 Å². The van der Waals surface area contributed by atoms with Gasteiger partial charge in [0.15, 0.2) is 0 Å².